The summed E-state index contributed by atoms with van der Waals surface area (Å²) >= 11 is 0. The third kappa shape index (κ3) is 1.40. The molecule has 0 amide bonds. The Hall–Kier alpha value is -2.10. The number of fused-ring (bicyclic) bond motifs is 1. The van der Waals surface area contributed by atoms with Gasteiger partial charge in [0.2, 0.25) is 0 Å². The van der Waals surface area contributed by atoms with E-state index in [9.17, 15) is 9.59 Å². The van der Waals surface area contributed by atoms with Crippen molar-refractivity contribution in [2.45, 2.75) is 6.42 Å². The van der Waals surface area contributed by atoms with Crippen molar-refractivity contribution in [2.75, 3.05) is 0 Å². The zero-order valence-corrected chi connectivity index (χ0v) is 7.73. The number of benzene rings is 1. The molecule has 1 aliphatic carbocycles. The quantitative estimate of drug-likeness (QED) is 0.758. The Morgan fingerprint density at radius 1 is 1.07 bits per heavy atom. The zero-order chi connectivity index (χ0) is 11.0. The molecule has 0 heterocycles. The molecule has 0 fully saturated rings. The molecule has 4 heteroatoms. The normalized spacial score (nSPS) is 13.9. The molecule has 4 nitrogen and oxygen atoms in total. The van der Waals surface area contributed by atoms with E-state index in [1.165, 1.54) is 0 Å². The van der Waals surface area contributed by atoms with E-state index in [-0.39, 0.29) is 17.6 Å². The van der Waals surface area contributed by atoms with E-state index >= 15 is 0 Å². The van der Waals surface area contributed by atoms with E-state index in [4.69, 9.17) is 10.2 Å². The third-order valence-electron chi connectivity index (χ3n) is 2.43. The van der Waals surface area contributed by atoms with E-state index in [2.05, 4.69) is 0 Å². The molecular weight excluding hydrogens is 196 g/mol. The number of carboxylic acids is 2. The number of aliphatic carboxylic acids is 2. The van der Waals surface area contributed by atoms with Crippen molar-refractivity contribution in [2.24, 2.45) is 0 Å². The maximum atomic E-state index is 11.0. The molecule has 0 saturated carbocycles. The number of carboxylic acid groups (broad SMARTS) is 2. The first kappa shape index (κ1) is 9.45. The lowest BCUT2D eigenvalue weighted by atomic mass is 10.1. The molecule has 0 unspecified atom stereocenters. The number of hydrogen-bond acceptors (Lipinski definition) is 2. The van der Waals surface area contributed by atoms with Crippen molar-refractivity contribution >= 4 is 17.5 Å². The van der Waals surface area contributed by atoms with Gasteiger partial charge in [-0.05, 0) is 11.1 Å². The Kier molecular flexibility index (Phi) is 2.04. The molecule has 15 heavy (non-hydrogen) atoms. The minimum atomic E-state index is -1.18. The third-order valence-corrected chi connectivity index (χ3v) is 2.43. The Morgan fingerprint density at radius 2 is 1.73 bits per heavy atom. The molecule has 0 aromatic heterocycles. The minimum Gasteiger partial charge on any atom is -0.478 e. The first-order chi connectivity index (χ1) is 7.11. The molecule has 1 aliphatic rings. The summed E-state index contributed by atoms with van der Waals surface area (Å²) in [6.07, 6.45) is 0.188. The summed E-state index contributed by atoms with van der Waals surface area (Å²) < 4.78 is 0. The van der Waals surface area contributed by atoms with Gasteiger partial charge in [-0.15, -0.1) is 0 Å². The molecule has 2 rings (SSSR count). The summed E-state index contributed by atoms with van der Waals surface area (Å²) in [6, 6.07) is 6.85. The molecule has 0 saturated heterocycles. The lowest BCUT2D eigenvalue weighted by Crippen LogP contribution is -2.06. The van der Waals surface area contributed by atoms with Crippen LogP contribution in [0.1, 0.15) is 11.1 Å². The fourth-order valence-corrected chi connectivity index (χ4v) is 1.79. The molecule has 1 aromatic carbocycles. The minimum absolute atomic E-state index is 0.0382. The SMILES string of the molecule is O=C(O)C1=C(C(=O)O)c2ccccc2C1. The monoisotopic (exact) mass is 204 g/mol. The second kappa shape index (κ2) is 3.24. The van der Waals surface area contributed by atoms with Gasteiger partial charge in [0.05, 0.1) is 11.1 Å². The fourth-order valence-electron chi connectivity index (χ4n) is 1.79. The molecule has 0 radical (unpaired) electrons. The Bertz CT molecular complexity index is 485. The summed E-state index contributed by atoms with van der Waals surface area (Å²) in [6.45, 7) is 0. The smallest absolute Gasteiger partial charge is 0.336 e. The van der Waals surface area contributed by atoms with Crippen LogP contribution < -0.4 is 0 Å². The molecule has 0 bridgehead atoms. The van der Waals surface area contributed by atoms with Gasteiger partial charge in [0, 0.05) is 6.42 Å². The summed E-state index contributed by atoms with van der Waals surface area (Å²) in [4.78, 5) is 21.8. The molecule has 0 spiro atoms. The van der Waals surface area contributed by atoms with Gasteiger partial charge in [0.1, 0.15) is 0 Å². The summed E-state index contributed by atoms with van der Waals surface area (Å²) in [5, 5.41) is 17.8. The maximum Gasteiger partial charge on any atom is 0.336 e. The highest BCUT2D eigenvalue weighted by molar-refractivity contribution is 6.23. The lowest BCUT2D eigenvalue weighted by Gasteiger charge is -1.99. The largest absolute Gasteiger partial charge is 0.478 e. The van der Waals surface area contributed by atoms with Gasteiger partial charge < -0.3 is 10.2 Å². The van der Waals surface area contributed by atoms with Crippen molar-refractivity contribution in [1.82, 2.24) is 0 Å². The van der Waals surface area contributed by atoms with Gasteiger partial charge in [-0.1, -0.05) is 24.3 Å². The highest BCUT2D eigenvalue weighted by Gasteiger charge is 2.29. The van der Waals surface area contributed by atoms with Crippen LogP contribution in [-0.2, 0) is 16.0 Å². The second-order valence-corrected chi connectivity index (χ2v) is 3.30. The Morgan fingerprint density at radius 3 is 2.33 bits per heavy atom. The maximum absolute atomic E-state index is 11.0. The molecule has 2 N–H and O–H groups in total. The second-order valence-electron chi connectivity index (χ2n) is 3.30. The first-order valence-corrected chi connectivity index (χ1v) is 4.39. The topological polar surface area (TPSA) is 74.6 Å². The van der Waals surface area contributed by atoms with E-state index < -0.39 is 11.9 Å². The van der Waals surface area contributed by atoms with Gasteiger partial charge in [-0.25, -0.2) is 9.59 Å². The molecule has 1 aromatic rings. The lowest BCUT2D eigenvalue weighted by molar-refractivity contribution is -0.134. The molecule has 0 aliphatic heterocycles. The Labute approximate surface area is 85.5 Å². The van der Waals surface area contributed by atoms with Crippen LogP contribution in [0.5, 0.6) is 0 Å². The summed E-state index contributed by atoms with van der Waals surface area (Å²) in [5.41, 5.74) is 1.15. The van der Waals surface area contributed by atoms with Gasteiger partial charge in [0.15, 0.2) is 0 Å². The van der Waals surface area contributed by atoms with Crippen LogP contribution in [0.15, 0.2) is 29.8 Å². The first-order valence-electron chi connectivity index (χ1n) is 4.39. The van der Waals surface area contributed by atoms with Crippen LogP contribution in [0, 0.1) is 0 Å². The van der Waals surface area contributed by atoms with Crippen LogP contribution in [-0.4, -0.2) is 22.2 Å². The fraction of sp³-hybridized carbons (Fsp3) is 0.0909. The van der Waals surface area contributed by atoms with Crippen molar-refractivity contribution in [3.63, 3.8) is 0 Å². The van der Waals surface area contributed by atoms with Crippen molar-refractivity contribution < 1.29 is 19.8 Å². The van der Waals surface area contributed by atoms with Crippen LogP contribution in [0.3, 0.4) is 0 Å². The highest BCUT2D eigenvalue weighted by Crippen LogP contribution is 2.32. The molecule has 0 atom stereocenters. The van der Waals surface area contributed by atoms with Crippen LogP contribution >= 0.6 is 0 Å². The predicted molar refractivity (Wildman–Crippen MR) is 52.3 cm³/mol. The van der Waals surface area contributed by atoms with Crippen molar-refractivity contribution in [3.8, 4) is 0 Å². The van der Waals surface area contributed by atoms with Gasteiger partial charge in [0.25, 0.3) is 0 Å². The average molecular weight is 204 g/mol. The zero-order valence-electron chi connectivity index (χ0n) is 7.73. The summed E-state index contributed by atoms with van der Waals surface area (Å²) in [5.74, 6) is -2.35. The van der Waals surface area contributed by atoms with Crippen molar-refractivity contribution in [3.05, 3.63) is 41.0 Å². The van der Waals surface area contributed by atoms with Crippen LogP contribution in [0.4, 0.5) is 0 Å². The average Bonchev–Trinajstić information content (AvgIpc) is 2.56. The van der Waals surface area contributed by atoms with Crippen LogP contribution in [0.25, 0.3) is 5.57 Å². The highest BCUT2D eigenvalue weighted by atomic mass is 16.4. The van der Waals surface area contributed by atoms with Gasteiger partial charge in [-0.3, -0.25) is 0 Å². The molecular formula is C11H8O4. The van der Waals surface area contributed by atoms with Crippen LogP contribution in [0.2, 0.25) is 0 Å². The van der Waals surface area contributed by atoms with E-state index in [0.29, 0.717) is 5.56 Å². The van der Waals surface area contributed by atoms with Gasteiger partial charge in [-0.2, -0.15) is 0 Å². The Balaban J connectivity index is 2.63. The summed E-state index contributed by atoms with van der Waals surface area (Å²) in [7, 11) is 0. The number of rotatable bonds is 2. The van der Waals surface area contributed by atoms with Crippen molar-refractivity contribution in [1.29, 1.82) is 0 Å². The predicted octanol–water partition coefficient (Wildman–Crippen LogP) is 1.17. The van der Waals surface area contributed by atoms with E-state index in [1.807, 2.05) is 0 Å². The molecule has 76 valence electrons. The standard InChI is InChI=1S/C11H8O4/c12-10(13)8-5-6-3-1-2-4-7(6)9(8)11(14)15/h1-4H,5H2,(H,12,13)(H,14,15). The van der Waals surface area contributed by atoms with Gasteiger partial charge >= 0.3 is 11.9 Å². The van der Waals surface area contributed by atoms with E-state index in [0.717, 1.165) is 5.56 Å². The van der Waals surface area contributed by atoms with E-state index in [1.54, 1.807) is 24.3 Å². The number of carbonyl (C=O) groups is 2. The number of hydrogen-bond donors (Lipinski definition) is 2.